The number of fused-ring (bicyclic) bond motifs is 1. The molecule has 0 unspecified atom stereocenters. The van der Waals surface area contributed by atoms with Gasteiger partial charge in [0.15, 0.2) is 5.76 Å². The summed E-state index contributed by atoms with van der Waals surface area (Å²) in [5.41, 5.74) is 6.95. The number of ketones is 1. The molecule has 0 aliphatic carbocycles. The third kappa shape index (κ3) is 4.31. The van der Waals surface area contributed by atoms with Gasteiger partial charge in [0.1, 0.15) is 5.58 Å². The molecule has 0 saturated heterocycles. The van der Waals surface area contributed by atoms with Crippen LogP contribution < -0.4 is 11.2 Å². The van der Waals surface area contributed by atoms with Crippen LogP contribution in [0.25, 0.3) is 11.0 Å². The van der Waals surface area contributed by atoms with E-state index in [9.17, 15) is 9.82 Å². The number of hydrogen-bond donors (Lipinski definition) is 2. The molecular weight excluding hydrogens is 412 g/mol. The van der Waals surface area contributed by atoms with Crippen LogP contribution in [0.2, 0.25) is 10.0 Å². The van der Waals surface area contributed by atoms with Crippen LogP contribution in [0.3, 0.4) is 0 Å². The third-order valence-electron chi connectivity index (χ3n) is 5.23. The summed E-state index contributed by atoms with van der Waals surface area (Å²) in [6.07, 6.45) is 0. The van der Waals surface area contributed by atoms with Gasteiger partial charge in [-0.3, -0.25) is 4.79 Å². The summed E-state index contributed by atoms with van der Waals surface area (Å²) in [6.45, 7) is 7.86. The maximum absolute atomic E-state index is 12.9. The van der Waals surface area contributed by atoms with Crippen LogP contribution in [-0.4, -0.2) is 23.5 Å². The Balaban J connectivity index is 1.96. The van der Waals surface area contributed by atoms with Crippen LogP contribution in [-0.2, 0) is 4.65 Å². The highest BCUT2D eigenvalue weighted by Crippen LogP contribution is 2.32. The molecule has 0 fully saturated rings. The number of benzene rings is 2. The van der Waals surface area contributed by atoms with E-state index in [1.54, 1.807) is 24.3 Å². The van der Waals surface area contributed by atoms with E-state index < -0.39 is 18.5 Å². The van der Waals surface area contributed by atoms with Gasteiger partial charge in [-0.1, -0.05) is 43.1 Å². The molecule has 5 nitrogen and oxygen atoms in total. The predicted molar refractivity (Wildman–Crippen MR) is 118 cm³/mol. The fourth-order valence-corrected chi connectivity index (χ4v) is 3.24. The molecule has 152 valence electrons. The first-order valence-corrected chi connectivity index (χ1v) is 9.94. The second kappa shape index (κ2) is 8.03. The van der Waals surface area contributed by atoms with Crippen molar-refractivity contribution >= 4 is 58.2 Å². The molecule has 0 amide bonds. The summed E-state index contributed by atoms with van der Waals surface area (Å²) >= 11 is 12.0. The molecule has 1 aromatic heterocycles. The number of carbonyl (C=O) groups is 1. The normalized spacial score (nSPS) is 12.0. The summed E-state index contributed by atoms with van der Waals surface area (Å²) in [4.78, 5) is 12.9. The van der Waals surface area contributed by atoms with Gasteiger partial charge in [0, 0.05) is 16.0 Å². The first-order valence-electron chi connectivity index (χ1n) is 9.19. The highest BCUT2D eigenvalue weighted by molar-refractivity contribution is 6.60. The van der Waals surface area contributed by atoms with Gasteiger partial charge in [-0.15, -0.1) is 0 Å². The SMILES string of the molecule is CC(C)C(C)(C)OB(O)c1ccc2c(N)c(C(=O)c3ccc(Cl)cc3Cl)oc2c1. The number of furan rings is 1. The average Bonchev–Trinajstić information content (AvgIpc) is 2.97. The number of rotatable bonds is 6. The molecule has 0 aliphatic rings. The van der Waals surface area contributed by atoms with E-state index >= 15 is 0 Å². The van der Waals surface area contributed by atoms with Crippen molar-refractivity contribution in [2.24, 2.45) is 5.92 Å². The lowest BCUT2D eigenvalue weighted by Gasteiger charge is -2.31. The molecule has 29 heavy (non-hydrogen) atoms. The minimum atomic E-state index is -1.15. The summed E-state index contributed by atoms with van der Waals surface area (Å²) < 4.78 is 11.5. The molecule has 3 N–H and O–H groups in total. The summed E-state index contributed by atoms with van der Waals surface area (Å²) in [5, 5.41) is 11.7. The number of carbonyl (C=O) groups excluding carboxylic acids is 1. The first kappa shape index (κ1) is 21.7. The van der Waals surface area contributed by atoms with E-state index in [-0.39, 0.29) is 28.0 Å². The molecule has 0 saturated carbocycles. The van der Waals surface area contributed by atoms with E-state index in [1.165, 1.54) is 12.1 Å². The minimum Gasteiger partial charge on any atom is -0.450 e. The van der Waals surface area contributed by atoms with E-state index in [1.807, 2.05) is 27.7 Å². The molecule has 3 rings (SSSR count). The van der Waals surface area contributed by atoms with E-state index in [0.717, 1.165) is 0 Å². The van der Waals surface area contributed by atoms with Crippen molar-refractivity contribution < 1.29 is 18.9 Å². The number of hydrogen-bond acceptors (Lipinski definition) is 5. The van der Waals surface area contributed by atoms with E-state index in [2.05, 4.69) is 0 Å². The van der Waals surface area contributed by atoms with Gasteiger partial charge in [-0.2, -0.15) is 0 Å². The van der Waals surface area contributed by atoms with Crippen molar-refractivity contribution in [1.82, 2.24) is 0 Å². The van der Waals surface area contributed by atoms with Crippen LogP contribution in [0.1, 0.15) is 43.8 Å². The molecule has 0 aliphatic heterocycles. The molecule has 2 aromatic carbocycles. The van der Waals surface area contributed by atoms with Crippen LogP contribution in [0.4, 0.5) is 5.69 Å². The maximum atomic E-state index is 12.9. The number of nitrogen functional groups attached to an aromatic ring is 1. The van der Waals surface area contributed by atoms with Gasteiger partial charge in [-0.05, 0) is 55.6 Å². The van der Waals surface area contributed by atoms with Gasteiger partial charge >= 0.3 is 7.12 Å². The molecule has 0 spiro atoms. The van der Waals surface area contributed by atoms with Gasteiger partial charge in [0.25, 0.3) is 0 Å². The zero-order valence-electron chi connectivity index (χ0n) is 16.6. The van der Waals surface area contributed by atoms with Crippen LogP contribution >= 0.6 is 23.2 Å². The Morgan fingerprint density at radius 2 is 1.90 bits per heavy atom. The second-order valence-corrected chi connectivity index (χ2v) is 8.63. The highest BCUT2D eigenvalue weighted by Gasteiger charge is 2.31. The van der Waals surface area contributed by atoms with E-state index in [0.29, 0.717) is 21.5 Å². The fourth-order valence-electron chi connectivity index (χ4n) is 2.74. The standard InChI is InChI=1S/C21H22BCl2NO4/c1-11(2)21(3,4)29-22(27)12-5-7-15-17(9-12)28-20(18(15)25)19(26)14-8-6-13(23)10-16(14)24/h5-11,27H,25H2,1-4H3. The predicted octanol–water partition coefficient (Wildman–Crippen LogP) is 4.69. The lowest BCUT2D eigenvalue weighted by atomic mass is 9.77. The average molecular weight is 434 g/mol. The van der Waals surface area contributed by atoms with Gasteiger partial charge < -0.3 is 19.8 Å². The largest absolute Gasteiger partial charge is 0.491 e. The lowest BCUT2D eigenvalue weighted by Crippen LogP contribution is -2.44. The molecule has 8 heteroatoms. The number of halogens is 2. The first-order chi connectivity index (χ1) is 13.5. The molecule has 3 aromatic rings. The van der Waals surface area contributed by atoms with Gasteiger partial charge in [-0.25, -0.2) is 0 Å². The zero-order valence-corrected chi connectivity index (χ0v) is 18.1. The Morgan fingerprint density at radius 3 is 2.52 bits per heavy atom. The summed E-state index contributed by atoms with van der Waals surface area (Å²) in [5.74, 6) is -0.257. The summed E-state index contributed by atoms with van der Waals surface area (Å²) in [6, 6.07) is 9.58. The Bertz CT molecular complexity index is 1080. The van der Waals surface area contributed by atoms with Crippen molar-refractivity contribution in [3.63, 3.8) is 0 Å². The van der Waals surface area contributed by atoms with Crippen LogP contribution in [0.5, 0.6) is 0 Å². The highest BCUT2D eigenvalue weighted by atomic mass is 35.5. The van der Waals surface area contributed by atoms with Crippen molar-refractivity contribution in [3.8, 4) is 0 Å². The zero-order chi connectivity index (χ0) is 21.5. The fraction of sp³-hybridized carbons (Fsp3) is 0.286. The number of nitrogens with two attached hydrogens (primary N) is 1. The second-order valence-electron chi connectivity index (χ2n) is 7.78. The molecule has 1 heterocycles. The molecule has 0 bridgehead atoms. The monoisotopic (exact) mass is 433 g/mol. The Kier molecular flexibility index (Phi) is 6.02. The van der Waals surface area contributed by atoms with Crippen LogP contribution in [0, 0.1) is 5.92 Å². The maximum Gasteiger partial charge on any atom is 0.491 e. The Labute approximate surface area is 179 Å². The molecule has 0 atom stereocenters. The Morgan fingerprint density at radius 1 is 1.21 bits per heavy atom. The Hall–Kier alpha value is -1.99. The van der Waals surface area contributed by atoms with Gasteiger partial charge in [0.05, 0.1) is 16.3 Å². The smallest absolute Gasteiger partial charge is 0.450 e. The third-order valence-corrected chi connectivity index (χ3v) is 5.77. The minimum absolute atomic E-state index is 0.0145. The number of anilines is 1. The van der Waals surface area contributed by atoms with Gasteiger partial charge in [0.2, 0.25) is 5.78 Å². The van der Waals surface area contributed by atoms with Crippen LogP contribution in [0.15, 0.2) is 40.8 Å². The van der Waals surface area contributed by atoms with Crippen molar-refractivity contribution in [2.75, 3.05) is 5.73 Å². The topological polar surface area (TPSA) is 85.7 Å². The summed E-state index contributed by atoms with van der Waals surface area (Å²) in [7, 11) is -1.15. The van der Waals surface area contributed by atoms with Crippen molar-refractivity contribution in [3.05, 3.63) is 57.8 Å². The van der Waals surface area contributed by atoms with Crippen molar-refractivity contribution in [1.29, 1.82) is 0 Å². The van der Waals surface area contributed by atoms with E-state index in [4.69, 9.17) is 38.0 Å². The molecular formula is C21H22BCl2NO4. The lowest BCUT2D eigenvalue weighted by molar-refractivity contribution is 0.0423. The molecule has 0 radical (unpaired) electrons. The van der Waals surface area contributed by atoms with Crippen molar-refractivity contribution in [2.45, 2.75) is 33.3 Å². The quantitative estimate of drug-likeness (QED) is 0.435.